The van der Waals surface area contributed by atoms with Crippen LogP contribution in [0.2, 0.25) is 0 Å². The minimum Gasteiger partial charge on any atom is -0.462 e. The first kappa shape index (κ1) is 71.8. The SMILES string of the molecule is CC/C=C\C/C=C\C/C=C\C/C=C\CCCCCCCCCCCCCCCCC(=O)OCC(COC(=O)CCCCCCCCCCCCCC)OC(=O)CCCCCCCCC/C=C\C/C=C\CCCCCC. The summed E-state index contributed by atoms with van der Waals surface area (Å²) in [6.45, 7) is 6.54. The maximum atomic E-state index is 12.9. The predicted octanol–water partition coefficient (Wildman–Crippen LogP) is 22.1. The summed E-state index contributed by atoms with van der Waals surface area (Å²) in [7, 11) is 0. The maximum absolute atomic E-state index is 12.9. The van der Waals surface area contributed by atoms with Gasteiger partial charge >= 0.3 is 17.9 Å². The molecule has 0 amide bonds. The minimum atomic E-state index is -0.778. The van der Waals surface area contributed by atoms with Crippen LogP contribution in [0.5, 0.6) is 0 Å². The van der Waals surface area contributed by atoms with Crippen molar-refractivity contribution in [1.82, 2.24) is 0 Å². The first-order valence-electron chi connectivity index (χ1n) is 32.4. The molecule has 0 rings (SSSR count). The molecular weight excluding hydrogens is 925 g/mol. The zero-order valence-electron chi connectivity index (χ0n) is 49.8. The zero-order chi connectivity index (χ0) is 54.3. The Balaban J connectivity index is 4.24. The van der Waals surface area contributed by atoms with E-state index in [9.17, 15) is 14.4 Å². The van der Waals surface area contributed by atoms with Crippen molar-refractivity contribution in [2.75, 3.05) is 13.2 Å². The fraction of sp³-hybridized carbons (Fsp3) is 0.783. The molecule has 0 aromatic carbocycles. The van der Waals surface area contributed by atoms with Crippen LogP contribution in [0.3, 0.4) is 0 Å². The van der Waals surface area contributed by atoms with Crippen LogP contribution in [-0.2, 0) is 28.6 Å². The van der Waals surface area contributed by atoms with E-state index in [0.717, 1.165) is 96.3 Å². The Morgan fingerprint density at radius 1 is 0.280 bits per heavy atom. The van der Waals surface area contributed by atoms with Crippen molar-refractivity contribution < 1.29 is 28.6 Å². The maximum Gasteiger partial charge on any atom is 0.306 e. The third kappa shape index (κ3) is 61.6. The molecule has 0 aromatic heterocycles. The number of allylic oxidation sites excluding steroid dienone is 12. The number of carbonyl (C=O) groups excluding carboxylic acids is 3. The lowest BCUT2D eigenvalue weighted by Crippen LogP contribution is -2.30. The van der Waals surface area contributed by atoms with Gasteiger partial charge in [-0.1, -0.05) is 293 Å². The molecule has 0 fully saturated rings. The van der Waals surface area contributed by atoms with Crippen molar-refractivity contribution in [3.63, 3.8) is 0 Å². The van der Waals surface area contributed by atoms with Gasteiger partial charge in [-0.15, -0.1) is 0 Å². The molecule has 1 atom stereocenters. The van der Waals surface area contributed by atoms with Crippen LogP contribution in [0.1, 0.15) is 329 Å². The summed E-state index contributed by atoms with van der Waals surface area (Å²) in [5.74, 6) is -0.867. The number of ether oxygens (including phenoxy) is 3. The van der Waals surface area contributed by atoms with Crippen molar-refractivity contribution in [1.29, 1.82) is 0 Å². The van der Waals surface area contributed by atoms with Crippen LogP contribution >= 0.6 is 0 Å². The molecule has 0 spiro atoms. The van der Waals surface area contributed by atoms with E-state index in [2.05, 4.69) is 93.7 Å². The van der Waals surface area contributed by atoms with Gasteiger partial charge in [-0.2, -0.15) is 0 Å². The van der Waals surface area contributed by atoms with E-state index in [4.69, 9.17) is 14.2 Å². The number of hydrogen-bond donors (Lipinski definition) is 0. The van der Waals surface area contributed by atoms with Crippen molar-refractivity contribution in [2.45, 2.75) is 335 Å². The molecule has 0 aliphatic rings. The largest absolute Gasteiger partial charge is 0.462 e. The average Bonchev–Trinajstić information content (AvgIpc) is 3.41. The van der Waals surface area contributed by atoms with Gasteiger partial charge in [-0.3, -0.25) is 14.4 Å². The Labute approximate surface area is 465 Å². The highest BCUT2D eigenvalue weighted by Gasteiger charge is 2.19. The lowest BCUT2D eigenvalue weighted by molar-refractivity contribution is -0.167. The van der Waals surface area contributed by atoms with E-state index in [0.29, 0.717) is 19.3 Å². The Morgan fingerprint density at radius 3 is 0.827 bits per heavy atom. The van der Waals surface area contributed by atoms with Gasteiger partial charge in [0.15, 0.2) is 6.10 Å². The summed E-state index contributed by atoms with van der Waals surface area (Å²) in [5, 5.41) is 0. The van der Waals surface area contributed by atoms with Gasteiger partial charge in [-0.25, -0.2) is 0 Å². The fourth-order valence-corrected chi connectivity index (χ4v) is 9.35. The fourth-order valence-electron chi connectivity index (χ4n) is 9.35. The topological polar surface area (TPSA) is 78.9 Å². The van der Waals surface area contributed by atoms with Gasteiger partial charge in [-0.05, 0) is 89.9 Å². The third-order valence-electron chi connectivity index (χ3n) is 14.2. The molecule has 0 radical (unpaired) electrons. The molecular formula is C69H122O6. The molecule has 6 nitrogen and oxygen atoms in total. The number of unbranched alkanes of at least 4 members (excludes halogenated alkanes) is 36. The Morgan fingerprint density at radius 2 is 0.520 bits per heavy atom. The number of rotatable bonds is 59. The Kier molecular flexibility index (Phi) is 60.7. The normalized spacial score (nSPS) is 12.5. The second-order valence-corrected chi connectivity index (χ2v) is 21.6. The minimum absolute atomic E-state index is 0.0745. The second kappa shape index (κ2) is 63.4. The quantitative estimate of drug-likeness (QED) is 0.0261. The summed E-state index contributed by atoms with van der Waals surface area (Å²) in [6, 6.07) is 0. The molecule has 0 aromatic rings. The van der Waals surface area contributed by atoms with Gasteiger partial charge in [0, 0.05) is 19.3 Å². The van der Waals surface area contributed by atoms with Gasteiger partial charge in [0.05, 0.1) is 0 Å². The van der Waals surface area contributed by atoms with Gasteiger partial charge in [0.25, 0.3) is 0 Å². The third-order valence-corrected chi connectivity index (χ3v) is 14.2. The number of hydrogen-bond acceptors (Lipinski definition) is 6. The first-order valence-corrected chi connectivity index (χ1v) is 32.4. The lowest BCUT2D eigenvalue weighted by atomic mass is 10.0. The standard InChI is InChI=1S/C69H122O6/c1-4-7-10-13-16-19-22-25-27-29-31-32-33-34-35-36-37-38-39-41-42-44-47-50-53-56-59-62-68(71)74-65-66(64-73-67(70)61-58-55-52-49-46-24-21-18-15-12-9-6-3)75-69(72)63-60-57-54-51-48-45-43-40-30-28-26-23-20-17-14-11-8-5-2/h7,10,16,19-20,23,25,27-28,30-32,66H,4-6,8-9,11-15,17-18,21-22,24,26,29,33-65H2,1-3H3/b10-7-,19-16-,23-20-,27-25-,30-28-,32-31-. The van der Waals surface area contributed by atoms with Crippen molar-refractivity contribution in [2.24, 2.45) is 0 Å². The van der Waals surface area contributed by atoms with E-state index in [1.165, 1.54) is 193 Å². The second-order valence-electron chi connectivity index (χ2n) is 21.6. The summed E-state index contributed by atoms with van der Waals surface area (Å²) in [5.41, 5.74) is 0. The Bertz CT molecular complexity index is 1390. The van der Waals surface area contributed by atoms with Crippen molar-refractivity contribution in [3.8, 4) is 0 Å². The molecule has 0 N–H and O–H groups in total. The smallest absolute Gasteiger partial charge is 0.306 e. The van der Waals surface area contributed by atoms with Crippen LogP contribution < -0.4 is 0 Å². The van der Waals surface area contributed by atoms with Crippen LogP contribution in [0, 0.1) is 0 Å². The van der Waals surface area contributed by atoms with Gasteiger partial charge in [0.1, 0.15) is 13.2 Å². The molecule has 0 saturated carbocycles. The first-order chi connectivity index (χ1) is 37.0. The molecule has 75 heavy (non-hydrogen) atoms. The highest BCUT2D eigenvalue weighted by atomic mass is 16.6. The van der Waals surface area contributed by atoms with Crippen LogP contribution in [0.4, 0.5) is 0 Å². The molecule has 0 aliphatic carbocycles. The lowest BCUT2D eigenvalue weighted by Gasteiger charge is -2.18. The van der Waals surface area contributed by atoms with E-state index in [1.807, 2.05) is 0 Å². The Hall–Kier alpha value is -3.15. The van der Waals surface area contributed by atoms with E-state index >= 15 is 0 Å². The average molecular weight is 1050 g/mol. The highest BCUT2D eigenvalue weighted by molar-refractivity contribution is 5.71. The summed E-state index contributed by atoms with van der Waals surface area (Å²) < 4.78 is 16.9. The summed E-state index contributed by atoms with van der Waals surface area (Å²) in [4.78, 5) is 38.3. The van der Waals surface area contributed by atoms with E-state index < -0.39 is 6.10 Å². The van der Waals surface area contributed by atoms with Crippen LogP contribution in [0.15, 0.2) is 72.9 Å². The molecule has 6 heteroatoms. The highest BCUT2D eigenvalue weighted by Crippen LogP contribution is 2.17. The summed E-state index contributed by atoms with van der Waals surface area (Å²) in [6.07, 6.45) is 81.9. The number of esters is 3. The van der Waals surface area contributed by atoms with Crippen molar-refractivity contribution >= 4 is 17.9 Å². The molecule has 0 saturated heterocycles. The van der Waals surface area contributed by atoms with Crippen LogP contribution in [0.25, 0.3) is 0 Å². The van der Waals surface area contributed by atoms with E-state index in [-0.39, 0.29) is 31.1 Å². The monoisotopic (exact) mass is 1050 g/mol. The van der Waals surface area contributed by atoms with E-state index in [1.54, 1.807) is 0 Å². The predicted molar refractivity (Wildman–Crippen MR) is 325 cm³/mol. The summed E-state index contributed by atoms with van der Waals surface area (Å²) >= 11 is 0. The van der Waals surface area contributed by atoms with Crippen molar-refractivity contribution in [3.05, 3.63) is 72.9 Å². The molecule has 0 aliphatic heterocycles. The molecule has 1 unspecified atom stereocenters. The molecule has 434 valence electrons. The van der Waals surface area contributed by atoms with Gasteiger partial charge < -0.3 is 14.2 Å². The molecule has 0 bridgehead atoms. The van der Waals surface area contributed by atoms with Gasteiger partial charge in [0.2, 0.25) is 0 Å². The zero-order valence-corrected chi connectivity index (χ0v) is 49.8. The number of carbonyl (C=O) groups is 3. The van der Waals surface area contributed by atoms with Crippen LogP contribution in [-0.4, -0.2) is 37.2 Å². The molecule has 0 heterocycles.